The van der Waals surface area contributed by atoms with Crippen molar-refractivity contribution in [1.29, 1.82) is 0 Å². The average Bonchev–Trinajstić information content (AvgIpc) is 3.52. The molecular formula is C26H31N3O2S. The Hall–Kier alpha value is -2.70. The van der Waals surface area contributed by atoms with Crippen LogP contribution in [0.1, 0.15) is 42.6 Å². The highest BCUT2D eigenvalue weighted by molar-refractivity contribution is 7.13. The van der Waals surface area contributed by atoms with Crippen LogP contribution in [0.15, 0.2) is 53.9 Å². The largest absolute Gasteiger partial charge is 0.496 e. The normalized spacial score (nSPS) is 14.9. The van der Waals surface area contributed by atoms with Crippen LogP contribution >= 0.6 is 11.3 Å². The van der Waals surface area contributed by atoms with Gasteiger partial charge in [-0.2, -0.15) is 0 Å². The summed E-state index contributed by atoms with van der Waals surface area (Å²) in [7, 11) is 1.70. The summed E-state index contributed by atoms with van der Waals surface area (Å²) in [6.07, 6.45) is 3.71. The van der Waals surface area contributed by atoms with Gasteiger partial charge in [-0.25, -0.2) is 4.98 Å². The molecule has 0 saturated carbocycles. The van der Waals surface area contributed by atoms with Crippen molar-refractivity contribution >= 4 is 17.2 Å². The van der Waals surface area contributed by atoms with Crippen LogP contribution in [0.5, 0.6) is 5.75 Å². The molecule has 0 aliphatic carbocycles. The fraction of sp³-hybridized carbons (Fsp3) is 0.385. The Morgan fingerprint density at radius 2 is 1.91 bits per heavy atom. The minimum Gasteiger partial charge on any atom is -0.496 e. The van der Waals surface area contributed by atoms with Gasteiger partial charge in [-0.3, -0.25) is 9.69 Å². The van der Waals surface area contributed by atoms with E-state index < -0.39 is 0 Å². The minimum absolute atomic E-state index is 0.00211. The summed E-state index contributed by atoms with van der Waals surface area (Å²) < 4.78 is 5.60. The zero-order valence-electron chi connectivity index (χ0n) is 18.8. The topological polar surface area (TPSA) is 54.5 Å². The van der Waals surface area contributed by atoms with Gasteiger partial charge in [-0.1, -0.05) is 49.4 Å². The van der Waals surface area contributed by atoms with Gasteiger partial charge in [0, 0.05) is 23.1 Å². The van der Waals surface area contributed by atoms with Crippen LogP contribution in [0.4, 0.5) is 0 Å². The summed E-state index contributed by atoms with van der Waals surface area (Å²) in [6, 6.07) is 16.7. The van der Waals surface area contributed by atoms with Gasteiger partial charge >= 0.3 is 0 Å². The number of aromatic nitrogens is 1. The number of thiazole rings is 1. The number of amides is 1. The molecular weight excluding hydrogens is 418 g/mol. The second-order valence-corrected chi connectivity index (χ2v) is 9.03. The number of ether oxygens (including phenoxy) is 1. The molecule has 1 fully saturated rings. The van der Waals surface area contributed by atoms with Gasteiger partial charge in [0.2, 0.25) is 5.91 Å². The molecule has 1 aliphatic rings. The van der Waals surface area contributed by atoms with Crippen molar-refractivity contribution < 1.29 is 9.53 Å². The first-order valence-electron chi connectivity index (χ1n) is 11.3. The van der Waals surface area contributed by atoms with Crippen LogP contribution in [0.3, 0.4) is 0 Å². The first kappa shape index (κ1) is 22.5. The number of para-hydroxylation sites is 1. The van der Waals surface area contributed by atoms with Crippen LogP contribution in [-0.4, -0.2) is 42.5 Å². The number of nitrogens with one attached hydrogen (secondary N) is 1. The van der Waals surface area contributed by atoms with Crippen molar-refractivity contribution in [2.75, 3.05) is 26.7 Å². The van der Waals surface area contributed by atoms with Gasteiger partial charge < -0.3 is 10.1 Å². The quantitative estimate of drug-likeness (QED) is 0.506. The third-order valence-corrected chi connectivity index (χ3v) is 7.01. The number of likely N-dealkylation sites (tertiary alicyclic amines) is 1. The van der Waals surface area contributed by atoms with Gasteiger partial charge in [-0.05, 0) is 44.0 Å². The number of hydrogen-bond donors (Lipinski definition) is 1. The Labute approximate surface area is 194 Å². The minimum atomic E-state index is 0.00211. The number of rotatable bonds is 9. The molecule has 6 heteroatoms. The molecule has 0 spiro atoms. The van der Waals surface area contributed by atoms with Crippen molar-refractivity contribution in [1.82, 2.24) is 15.2 Å². The number of aryl methyl sites for hydroxylation is 1. The zero-order valence-corrected chi connectivity index (χ0v) is 19.7. The summed E-state index contributed by atoms with van der Waals surface area (Å²) in [4.78, 5) is 19.9. The number of carbonyl (C=O) groups excluding carboxylic acids is 1. The average molecular weight is 450 g/mol. The first-order chi connectivity index (χ1) is 15.7. The van der Waals surface area contributed by atoms with Gasteiger partial charge in [0.15, 0.2) is 0 Å². The highest BCUT2D eigenvalue weighted by Crippen LogP contribution is 2.31. The standard InChI is InChI=1S/C26H31N3O2S/c1-3-19-10-12-20(13-11-19)26-28-21(18-32-26)16-25(30)27-17-23(29-14-6-7-15-29)22-8-4-5-9-24(22)31-2/h4-5,8-13,18,23H,3,6-7,14-17H2,1-2H3,(H,27,30). The molecule has 32 heavy (non-hydrogen) atoms. The second kappa shape index (κ2) is 10.7. The van der Waals surface area contributed by atoms with Crippen molar-refractivity contribution in [3.63, 3.8) is 0 Å². The number of carbonyl (C=O) groups is 1. The predicted molar refractivity (Wildman–Crippen MR) is 130 cm³/mol. The molecule has 5 nitrogen and oxygen atoms in total. The third kappa shape index (κ3) is 5.37. The summed E-state index contributed by atoms with van der Waals surface area (Å²) in [5.41, 5.74) is 4.36. The summed E-state index contributed by atoms with van der Waals surface area (Å²) >= 11 is 1.59. The third-order valence-electron chi connectivity index (χ3n) is 6.07. The Bertz CT molecular complexity index is 1030. The Morgan fingerprint density at radius 1 is 1.16 bits per heavy atom. The van der Waals surface area contributed by atoms with Crippen molar-refractivity contribution in [3.8, 4) is 16.3 Å². The lowest BCUT2D eigenvalue weighted by molar-refractivity contribution is -0.120. The highest BCUT2D eigenvalue weighted by Gasteiger charge is 2.26. The van der Waals surface area contributed by atoms with Crippen LogP contribution in [0.25, 0.3) is 10.6 Å². The van der Waals surface area contributed by atoms with E-state index in [4.69, 9.17) is 9.72 Å². The van der Waals surface area contributed by atoms with E-state index >= 15 is 0 Å². The molecule has 1 atom stereocenters. The Morgan fingerprint density at radius 3 is 2.62 bits per heavy atom. The van der Waals surface area contributed by atoms with E-state index in [-0.39, 0.29) is 11.9 Å². The fourth-order valence-electron chi connectivity index (χ4n) is 4.27. The molecule has 0 radical (unpaired) electrons. The Balaban J connectivity index is 1.40. The van der Waals surface area contributed by atoms with Gasteiger partial charge in [0.25, 0.3) is 0 Å². The van der Waals surface area contributed by atoms with Gasteiger partial charge in [0.1, 0.15) is 10.8 Å². The lowest BCUT2D eigenvalue weighted by Crippen LogP contribution is -2.37. The maximum atomic E-state index is 12.8. The summed E-state index contributed by atoms with van der Waals surface area (Å²) in [5.74, 6) is 0.874. The van der Waals surface area contributed by atoms with Gasteiger partial charge in [-0.15, -0.1) is 11.3 Å². The molecule has 0 bridgehead atoms. The molecule has 1 aromatic heterocycles. The highest BCUT2D eigenvalue weighted by atomic mass is 32.1. The monoisotopic (exact) mass is 449 g/mol. The molecule has 2 aromatic carbocycles. The molecule has 1 amide bonds. The van der Waals surface area contributed by atoms with Crippen molar-refractivity contribution in [2.24, 2.45) is 0 Å². The number of benzene rings is 2. The second-order valence-electron chi connectivity index (χ2n) is 8.18. The molecule has 1 N–H and O–H groups in total. The van der Waals surface area contributed by atoms with Crippen LogP contribution in [0.2, 0.25) is 0 Å². The van der Waals surface area contributed by atoms with Crippen LogP contribution in [0, 0.1) is 0 Å². The molecule has 1 unspecified atom stereocenters. The van der Waals surface area contributed by atoms with Gasteiger partial charge in [0.05, 0.1) is 25.3 Å². The van der Waals surface area contributed by atoms with Crippen molar-refractivity contribution in [2.45, 2.75) is 38.6 Å². The van der Waals surface area contributed by atoms with Crippen LogP contribution < -0.4 is 10.1 Å². The SMILES string of the molecule is CCc1ccc(-c2nc(CC(=O)NCC(c3ccccc3OC)N3CCCC3)cs2)cc1. The molecule has 4 rings (SSSR count). The molecule has 3 aromatic rings. The van der Waals surface area contributed by atoms with E-state index in [1.54, 1.807) is 18.4 Å². The summed E-state index contributed by atoms with van der Waals surface area (Å²) in [5, 5.41) is 6.10. The molecule has 1 aliphatic heterocycles. The summed E-state index contributed by atoms with van der Waals surface area (Å²) in [6.45, 7) is 4.81. The maximum absolute atomic E-state index is 12.8. The number of nitrogens with zero attached hydrogens (tertiary/aromatic N) is 2. The van der Waals surface area contributed by atoms with E-state index in [1.165, 1.54) is 18.4 Å². The van der Waals surface area contributed by atoms with E-state index in [0.29, 0.717) is 13.0 Å². The van der Waals surface area contributed by atoms with E-state index in [2.05, 4.69) is 47.5 Å². The predicted octanol–water partition coefficient (Wildman–Crippen LogP) is 4.88. The van der Waals surface area contributed by atoms with E-state index in [9.17, 15) is 4.79 Å². The molecule has 1 saturated heterocycles. The first-order valence-corrected chi connectivity index (χ1v) is 12.2. The fourth-order valence-corrected chi connectivity index (χ4v) is 5.10. The van der Waals surface area contributed by atoms with Crippen LogP contribution in [-0.2, 0) is 17.6 Å². The lowest BCUT2D eigenvalue weighted by atomic mass is 10.0. The number of methoxy groups -OCH3 is 1. The van der Waals surface area contributed by atoms with Crippen molar-refractivity contribution in [3.05, 3.63) is 70.7 Å². The molecule has 168 valence electrons. The molecule has 2 heterocycles. The lowest BCUT2D eigenvalue weighted by Gasteiger charge is -2.29. The number of hydrogen-bond acceptors (Lipinski definition) is 5. The smallest absolute Gasteiger partial charge is 0.226 e. The van der Waals surface area contributed by atoms with E-state index in [1.807, 2.05) is 23.6 Å². The zero-order chi connectivity index (χ0) is 22.3. The Kier molecular flexibility index (Phi) is 7.55. The van der Waals surface area contributed by atoms with E-state index in [0.717, 1.165) is 47.1 Å². The maximum Gasteiger partial charge on any atom is 0.226 e.